The van der Waals surface area contributed by atoms with Crippen molar-refractivity contribution >= 4 is 11.8 Å². The number of fused-ring (bicyclic) bond motifs is 2. The van der Waals surface area contributed by atoms with Crippen molar-refractivity contribution in [3.8, 4) is 0 Å². The Morgan fingerprint density at radius 3 is 2.53 bits per heavy atom. The molecule has 4 nitrogen and oxygen atoms in total. The molecule has 19 heavy (non-hydrogen) atoms. The zero-order chi connectivity index (χ0) is 14.0. The van der Waals surface area contributed by atoms with Crippen LogP contribution in [0.4, 0.5) is 0 Å². The van der Waals surface area contributed by atoms with Gasteiger partial charge >= 0.3 is 0 Å². The molecule has 0 aromatic carbocycles. The number of hydrogen-bond acceptors (Lipinski definition) is 2. The van der Waals surface area contributed by atoms with Gasteiger partial charge in [-0.15, -0.1) is 0 Å². The van der Waals surface area contributed by atoms with Gasteiger partial charge in [-0.1, -0.05) is 20.8 Å². The standard InChI is InChI=1S/C15H24N2O2/c1-9-12(19)17(8-11(18)16-9)13-14(2,3)10-5-6-15(13,4)7-10/h9-10,13H,5-8H2,1-4H3,(H,16,18). The Kier molecular flexibility index (Phi) is 2.55. The molecule has 4 unspecified atom stereocenters. The average molecular weight is 264 g/mol. The van der Waals surface area contributed by atoms with Gasteiger partial charge in [0.25, 0.3) is 0 Å². The van der Waals surface area contributed by atoms with Gasteiger partial charge in [-0.2, -0.15) is 0 Å². The smallest absolute Gasteiger partial charge is 0.245 e. The lowest BCUT2D eigenvalue weighted by Crippen LogP contribution is -2.64. The van der Waals surface area contributed by atoms with Crippen LogP contribution in [0, 0.1) is 16.7 Å². The average Bonchev–Trinajstić information content (AvgIpc) is 2.76. The number of rotatable bonds is 1. The van der Waals surface area contributed by atoms with Crippen LogP contribution in [0.2, 0.25) is 0 Å². The SMILES string of the molecule is CC1NC(=O)CN(C2C3(C)CCC(C3)C2(C)C)C1=O. The van der Waals surface area contributed by atoms with E-state index in [9.17, 15) is 9.59 Å². The van der Waals surface area contributed by atoms with Crippen molar-refractivity contribution in [2.45, 2.75) is 59.0 Å². The minimum Gasteiger partial charge on any atom is -0.343 e. The van der Waals surface area contributed by atoms with E-state index in [1.165, 1.54) is 19.3 Å². The first kappa shape index (κ1) is 12.9. The summed E-state index contributed by atoms with van der Waals surface area (Å²) in [5.41, 5.74) is 0.321. The lowest BCUT2D eigenvalue weighted by Gasteiger charge is -2.50. The topological polar surface area (TPSA) is 49.4 Å². The first-order valence-electron chi connectivity index (χ1n) is 7.35. The summed E-state index contributed by atoms with van der Waals surface area (Å²) in [6.07, 6.45) is 3.65. The van der Waals surface area contributed by atoms with Crippen LogP contribution >= 0.6 is 0 Å². The van der Waals surface area contributed by atoms with Gasteiger partial charge in [-0.25, -0.2) is 0 Å². The van der Waals surface area contributed by atoms with Crippen molar-refractivity contribution in [3.05, 3.63) is 0 Å². The minimum absolute atomic E-state index is 0.0192. The van der Waals surface area contributed by atoms with E-state index < -0.39 is 0 Å². The van der Waals surface area contributed by atoms with Gasteiger partial charge in [-0.3, -0.25) is 9.59 Å². The fraction of sp³-hybridized carbons (Fsp3) is 0.867. The second-order valence-electron chi connectivity index (χ2n) is 7.57. The van der Waals surface area contributed by atoms with Crippen molar-refractivity contribution in [1.82, 2.24) is 10.2 Å². The van der Waals surface area contributed by atoms with Gasteiger partial charge in [0.1, 0.15) is 6.04 Å². The molecular weight excluding hydrogens is 240 g/mol. The van der Waals surface area contributed by atoms with E-state index in [0.29, 0.717) is 5.92 Å². The molecule has 1 N–H and O–H groups in total. The molecule has 1 aliphatic heterocycles. The molecule has 0 aromatic rings. The molecule has 1 saturated heterocycles. The van der Waals surface area contributed by atoms with E-state index >= 15 is 0 Å². The second-order valence-corrected chi connectivity index (χ2v) is 7.57. The number of nitrogens with zero attached hydrogens (tertiary/aromatic N) is 1. The maximum atomic E-state index is 12.5. The van der Waals surface area contributed by atoms with E-state index in [-0.39, 0.29) is 41.3 Å². The van der Waals surface area contributed by atoms with E-state index in [0.717, 1.165) is 0 Å². The maximum absolute atomic E-state index is 12.5. The van der Waals surface area contributed by atoms with Crippen molar-refractivity contribution in [1.29, 1.82) is 0 Å². The molecule has 3 rings (SSSR count). The van der Waals surface area contributed by atoms with Crippen LogP contribution in [-0.4, -0.2) is 35.3 Å². The second kappa shape index (κ2) is 3.74. The molecule has 106 valence electrons. The molecule has 0 spiro atoms. The molecular formula is C15H24N2O2. The molecule has 0 aromatic heterocycles. The van der Waals surface area contributed by atoms with Crippen LogP contribution in [0.1, 0.15) is 47.0 Å². The van der Waals surface area contributed by atoms with Gasteiger partial charge in [0.05, 0.1) is 6.54 Å². The summed E-state index contributed by atoms with van der Waals surface area (Å²) in [5.74, 6) is 0.760. The molecule has 2 saturated carbocycles. The molecule has 3 aliphatic rings. The quantitative estimate of drug-likeness (QED) is 0.781. The van der Waals surface area contributed by atoms with Gasteiger partial charge in [0, 0.05) is 6.04 Å². The van der Waals surface area contributed by atoms with Gasteiger partial charge in [0.15, 0.2) is 0 Å². The number of hydrogen-bond donors (Lipinski definition) is 1. The Balaban J connectivity index is 1.96. The Bertz CT molecular complexity index is 441. The van der Waals surface area contributed by atoms with Crippen LogP contribution in [-0.2, 0) is 9.59 Å². The van der Waals surface area contributed by atoms with Crippen molar-refractivity contribution in [2.75, 3.05) is 6.54 Å². The Morgan fingerprint density at radius 1 is 1.26 bits per heavy atom. The third kappa shape index (κ3) is 1.65. The predicted molar refractivity (Wildman–Crippen MR) is 72.3 cm³/mol. The lowest BCUT2D eigenvalue weighted by molar-refractivity contribution is -0.152. The normalized spacial score (nSPS) is 44.6. The highest BCUT2D eigenvalue weighted by atomic mass is 16.2. The summed E-state index contributed by atoms with van der Waals surface area (Å²) < 4.78 is 0. The van der Waals surface area contributed by atoms with E-state index in [2.05, 4.69) is 26.1 Å². The summed E-state index contributed by atoms with van der Waals surface area (Å²) >= 11 is 0. The molecule has 2 bridgehead atoms. The Labute approximate surface area is 114 Å². The van der Waals surface area contributed by atoms with Crippen LogP contribution in [0.25, 0.3) is 0 Å². The van der Waals surface area contributed by atoms with Gasteiger partial charge in [-0.05, 0) is 42.9 Å². The first-order chi connectivity index (χ1) is 8.75. The maximum Gasteiger partial charge on any atom is 0.245 e. The number of carbonyl (C=O) groups excluding carboxylic acids is 2. The third-order valence-corrected chi connectivity index (χ3v) is 5.85. The fourth-order valence-corrected chi connectivity index (χ4v) is 5.10. The third-order valence-electron chi connectivity index (χ3n) is 5.85. The molecule has 0 radical (unpaired) electrons. The Morgan fingerprint density at radius 2 is 1.95 bits per heavy atom. The predicted octanol–water partition coefficient (Wildman–Crippen LogP) is 1.55. The summed E-state index contributed by atoms with van der Waals surface area (Å²) in [7, 11) is 0. The number of nitrogens with one attached hydrogen (secondary N) is 1. The van der Waals surface area contributed by atoms with Crippen LogP contribution < -0.4 is 5.32 Å². The number of amides is 2. The molecule has 2 aliphatic carbocycles. The van der Waals surface area contributed by atoms with Crippen LogP contribution in [0.15, 0.2) is 0 Å². The van der Waals surface area contributed by atoms with Crippen molar-refractivity contribution in [2.24, 2.45) is 16.7 Å². The molecule has 4 atom stereocenters. The highest BCUT2D eigenvalue weighted by Gasteiger charge is 2.62. The fourth-order valence-electron chi connectivity index (χ4n) is 5.10. The van der Waals surface area contributed by atoms with E-state index in [1.54, 1.807) is 6.92 Å². The molecule has 4 heteroatoms. The zero-order valence-corrected chi connectivity index (χ0v) is 12.3. The molecule has 3 fully saturated rings. The Hall–Kier alpha value is -1.06. The first-order valence-corrected chi connectivity index (χ1v) is 7.35. The van der Waals surface area contributed by atoms with Gasteiger partial charge < -0.3 is 10.2 Å². The summed E-state index contributed by atoms with van der Waals surface area (Å²) in [6.45, 7) is 8.87. The number of carbonyl (C=O) groups is 2. The summed E-state index contributed by atoms with van der Waals surface area (Å²) in [4.78, 5) is 26.2. The molecule has 1 heterocycles. The van der Waals surface area contributed by atoms with E-state index in [1.807, 2.05) is 4.90 Å². The highest BCUT2D eigenvalue weighted by Crippen LogP contribution is 2.64. The monoisotopic (exact) mass is 264 g/mol. The largest absolute Gasteiger partial charge is 0.343 e. The van der Waals surface area contributed by atoms with Crippen molar-refractivity contribution in [3.63, 3.8) is 0 Å². The van der Waals surface area contributed by atoms with Crippen LogP contribution in [0.3, 0.4) is 0 Å². The highest BCUT2D eigenvalue weighted by molar-refractivity contribution is 5.94. The zero-order valence-electron chi connectivity index (χ0n) is 12.3. The van der Waals surface area contributed by atoms with E-state index in [4.69, 9.17) is 0 Å². The summed E-state index contributed by atoms with van der Waals surface area (Å²) in [6, 6.07) is -0.167. The lowest BCUT2D eigenvalue weighted by atomic mass is 9.67. The summed E-state index contributed by atoms with van der Waals surface area (Å²) in [5, 5.41) is 2.74. The minimum atomic E-state index is -0.375. The van der Waals surface area contributed by atoms with Gasteiger partial charge in [0.2, 0.25) is 11.8 Å². The van der Waals surface area contributed by atoms with Crippen molar-refractivity contribution < 1.29 is 9.59 Å². The van der Waals surface area contributed by atoms with Crippen LogP contribution in [0.5, 0.6) is 0 Å². The molecule has 2 amide bonds. The number of piperazine rings is 1.